The summed E-state index contributed by atoms with van der Waals surface area (Å²) in [4.78, 5) is 2.32. The lowest BCUT2D eigenvalue weighted by Gasteiger charge is -2.29. The van der Waals surface area contributed by atoms with Crippen LogP contribution in [0.4, 0.5) is 0 Å². The molecule has 1 saturated heterocycles. The second-order valence-corrected chi connectivity index (χ2v) is 5.08. The molecular weight excluding hydrogens is 254 g/mol. The Labute approximate surface area is 99.0 Å². The molecule has 1 heterocycles. The first kappa shape index (κ1) is 11.1. The van der Waals surface area contributed by atoms with Gasteiger partial charge in [-0.05, 0) is 37.1 Å². The third kappa shape index (κ3) is 3.30. The summed E-state index contributed by atoms with van der Waals surface area (Å²) in [5.41, 5.74) is 1.30. The van der Waals surface area contributed by atoms with Crippen LogP contribution in [0.15, 0.2) is 28.7 Å². The van der Waals surface area contributed by atoms with Gasteiger partial charge in [0.2, 0.25) is 0 Å². The Kier molecular flexibility index (Phi) is 3.78. The van der Waals surface area contributed by atoms with E-state index in [-0.39, 0.29) is 6.10 Å². The molecule has 1 aliphatic heterocycles. The molecule has 0 aliphatic carbocycles. The molecule has 1 N–H and O–H groups in total. The van der Waals surface area contributed by atoms with Crippen molar-refractivity contribution in [3.8, 4) is 0 Å². The highest BCUT2D eigenvalue weighted by atomic mass is 79.9. The fourth-order valence-electron chi connectivity index (χ4n) is 2.07. The van der Waals surface area contributed by atoms with E-state index in [9.17, 15) is 5.11 Å². The van der Waals surface area contributed by atoms with Gasteiger partial charge in [-0.3, -0.25) is 4.90 Å². The first-order valence-electron chi connectivity index (χ1n) is 5.39. The molecular formula is C12H16BrNO. The number of aliphatic hydroxyl groups excluding tert-OH is 1. The number of aliphatic hydroxyl groups is 1. The molecule has 2 rings (SSSR count). The molecule has 0 amide bonds. The Bertz CT molecular complexity index is 329. The van der Waals surface area contributed by atoms with Gasteiger partial charge >= 0.3 is 0 Å². The van der Waals surface area contributed by atoms with Crippen molar-refractivity contribution >= 4 is 15.9 Å². The van der Waals surface area contributed by atoms with Gasteiger partial charge in [0.1, 0.15) is 0 Å². The zero-order valence-corrected chi connectivity index (χ0v) is 10.3. The molecule has 2 nitrogen and oxygen atoms in total. The zero-order valence-electron chi connectivity index (χ0n) is 8.69. The van der Waals surface area contributed by atoms with E-state index in [4.69, 9.17) is 0 Å². The van der Waals surface area contributed by atoms with Gasteiger partial charge in [-0.1, -0.05) is 28.1 Å². The number of β-amino-alcohol motifs (C(OH)–C–C–N with tert-alkyl or cyclic N) is 1. The molecule has 0 bridgehead atoms. The van der Waals surface area contributed by atoms with Crippen molar-refractivity contribution < 1.29 is 5.11 Å². The highest BCUT2D eigenvalue weighted by Gasteiger charge is 2.17. The predicted octanol–water partition coefficient (Wildman–Crippen LogP) is 2.41. The summed E-state index contributed by atoms with van der Waals surface area (Å²) in [6, 6.07) is 8.36. The molecule has 1 atom stereocenters. The van der Waals surface area contributed by atoms with Crippen LogP contribution in [0.25, 0.3) is 0 Å². The molecule has 3 heteroatoms. The third-order valence-corrected chi connectivity index (χ3v) is 3.27. The van der Waals surface area contributed by atoms with Crippen LogP contribution in [-0.2, 0) is 6.54 Å². The summed E-state index contributed by atoms with van der Waals surface area (Å²) in [5, 5.41) is 9.56. The van der Waals surface area contributed by atoms with Crippen molar-refractivity contribution in [3.63, 3.8) is 0 Å². The van der Waals surface area contributed by atoms with Gasteiger partial charge in [0, 0.05) is 17.6 Å². The minimum absolute atomic E-state index is 0.133. The molecule has 0 aromatic heterocycles. The highest BCUT2D eigenvalue weighted by Crippen LogP contribution is 2.16. The standard InChI is InChI=1S/C12H16BrNO/c13-11-4-1-3-10(7-11)8-14-6-2-5-12(15)9-14/h1,3-4,7,12,15H,2,5-6,8-9H2. The maximum Gasteiger partial charge on any atom is 0.0667 e. The summed E-state index contributed by atoms with van der Waals surface area (Å²) >= 11 is 3.47. The summed E-state index contributed by atoms with van der Waals surface area (Å²) in [5.74, 6) is 0. The van der Waals surface area contributed by atoms with Gasteiger partial charge in [0.05, 0.1) is 6.10 Å². The SMILES string of the molecule is OC1CCCN(Cc2cccc(Br)c2)C1. The molecule has 1 unspecified atom stereocenters. The Morgan fingerprint density at radius 2 is 2.33 bits per heavy atom. The second kappa shape index (κ2) is 5.10. The molecule has 82 valence electrons. The number of benzene rings is 1. The Balaban J connectivity index is 1.96. The van der Waals surface area contributed by atoms with Gasteiger partial charge in [-0.2, -0.15) is 0 Å². The molecule has 1 aromatic rings. The van der Waals surface area contributed by atoms with Gasteiger partial charge in [0.15, 0.2) is 0 Å². The number of halogens is 1. The summed E-state index contributed by atoms with van der Waals surface area (Å²) < 4.78 is 1.12. The fourth-order valence-corrected chi connectivity index (χ4v) is 2.51. The monoisotopic (exact) mass is 269 g/mol. The maximum absolute atomic E-state index is 9.56. The zero-order chi connectivity index (χ0) is 10.7. The van der Waals surface area contributed by atoms with Crippen LogP contribution in [0, 0.1) is 0 Å². The average molecular weight is 270 g/mol. The van der Waals surface area contributed by atoms with E-state index in [1.165, 1.54) is 5.56 Å². The third-order valence-electron chi connectivity index (χ3n) is 2.78. The van der Waals surface area contributed by atoms with E-state index in [1.54, 1.807) is 0 Å². The van der Waals surface area contributed by atoms with Crippen molar-refractivity contribution in [3.05, 3.63) is 34.3 Å². The van der Waals surface area contributed by atoms with Crippen molar-refractivity contribution in [2.75, 3.05) is 13.1 Å². The second-order valence-electron chi connectivity index (χ2n) is 4.16. The van der Waals surface area contributed by atoms with Crippen LogP contribution in [0.1, 0.15) is 18.4 Å². The van der Waals surface area contributed by atoms with Crippen LogP contribution >= 0.6 is 15.9 Å². The van der Waals surface area contributed by atoms with Gasteiger partial charge in [0.25, 0.3) is 0 Å². The lowest BCUT2D eigenvalue weighted by Crippen LogP contribution is -2.37. The Morgan fingerprint density at radius 1 is 1.47 bits per heavy atom. The first-order valence-corrected chi connectivity index (χ1v) is 6.18. The smallest absolute Gasteiger partial charge is 0.0667 e. The lowest BCUT2D eigenvalue weighted by atomic mass is 10.1. The highest BCUT2D eigenvalue weighted by molar-refractivity contribution is 9.10. The van der Waals surface area contributed by atoms with Crippen LogP contribution in [0.2, 0.25) is 0 Å². The molecule has 15 heavy (non-hydrogen) atoms. The quantitative estimate of drug-likeness (QED) is 0.892. The van der Waals surface area contributed by atoms with Crippen molar-refractivity contribution in [1.82, 2.24) is 4.90 Å². The molecule has 0 spiro atoms. The summed E-state index contributed by atoms with van der Waals surface area (Å²) in [6.45, 7) is 2.85. The largest absolute Gasteiger partial charge is 0.392 e. The maximum atomic E-state index is 9.56. The van der Waals surface area contributed by atoms with Crippen molar-refractivity contribution in [2.45, 2.75) is 25.5 Å². The number of piperidine rings is 1. The van der Waals surface area contributed by atoms with Gasteiger partial charge < -0.3 is 5.11 Å². The van der Waals surface area contributed by atoms with E-state index in [1.807, 2.05) is 6.07 Å². The van der Waals surface area contributed by atoms with E-state index in [2.05, 4.69) is 39.0 Å². The average Bonchev–Trinajstić information content (AvgIpc) is 2.17. The lowest BCUT2D eigenvalue weighted by molar-refractivity contribution is 0.0668. The molecule has 1 aliphatic rings. The minimum Gasteiger partial charge on any atom is -0.392 e. The van der Waals surface area contributed by atoms with E-state index in [0.29, 0.717) is 0 Å². The van der Waals surface area contributed by atoms with Crippen molar-refractivity contribution in [2.24, 2.45) is 0 Å². The number of rotatable bonds is 2. The molecule has 1 fully saturated rings. The number of hydrogen-bond acceptors (Lipinski definition) is 2. The van der Waals surface area contributed by atoms with Gasteiger partial charge in [-0.25, -0.2) is 0 Å². The van der Waals surface area contributed by atoms with Crippen LogP contribution in [-0.4, -0.2) is 29.2 Å². The Morgan fingerprint density at radius 3 is 3.07 bits per heavy atom. The summed E-state index contributed by atoms with van der Waals surface area (Å²) in [6.07, 6.45) is 1.93. The predicted molar refractivity (Wildman–Crippen MR) is 64.7 cm³/mol. The molecule has 0 saturated carbocycles. The fraction of sp³-hybridized carbons (Fsp3) is 0.500. The normalized spacial score (nSPS) is 22.9. The van der Waals surface area contributed by atoms with Crippen molar-refractivity contribution in [1.29, 1.82) is 0 Å². The van der Waals surface area contributed by atoms with E-state index in [0.717, 1.165) is 36.9 Å². The minimum atomic E-state index is -0.133. The number of nitrogens with zero attached hydrogens (tertiary/aromatic N) is 1. The first-order chi connectivity index (χ1) is 7.24. The van der Waals surface area contributed by atoms with Crippen LogP contribution in [0.3, 0.4) is 0 Å². The van der Waals surface area contributed by atoms with Crippen LogP contribution < -0.4 is 0 Å². The van der Waals surface area contributed by atoms with Gasteiger partial charge in [-0.15, -0.1) is 0 Å². The van der Waals surface area contributed by atoms with E-state index >= 15 is 0 Å². The number of hydrogen-bond donors (Lipinski definition) is 1. The topological polar surface area (TPSA) is 23.5 Å². The van der Waals surface area contributed by atoms with Crippen LogP contribution in [0.5, 0.6) is 0 Å². The number of likely N-dealkylation sites (tertiary alicyclic amines) is 1. The Hall–Kier alpha value is -0.380. The molecule has 1 aromatic carbocycles. The van der Waals surface area contributed by atoms with E-state index < -0.39 is 0 Å². The molecule has 0 radical (unpaired) electrons. The summed E-state index contributed by atoms with van der Waals surface area (Å²) in [7, 11) is 0.